The zero-order valence-corrected chi connectivity index (χ0v) is 9.33. The van der Waals surface area contributed by atoms with Gasteiger partial charge < -0.3 is 10.1 Å². The maximum atomic E-state index is 5.70. The summed E-state index contributed by atoms with van der Waals surface area (Å²) >= 11 is 0. The van der Waals surface area contributed by atoms with Gasteiger partial charge in [0.2, 0.25) is 0 Å². The lowest BCUT2D eigenvalue weighted by Gasteiger charge is -2.09. The highest BCUT2D eigenvalue weighted by molar-refractivity contribution is 5.26. The second-order valence-corrected chi connectivity index (χ2v) is 4.31. The molecule has 1 heterocycles. The zero-order valence-electron chi connectivity index (χ0n) is 9.33. The number of rotatable bonds is 4. The van der Waals surface area contributed by atoms with Gasteiger partial charge in [0.05, 0.1) is 6.61 Å². The van der Waals surface area contributed by atoms with Gasteiger partial charge in [-0.25, -0.2) is 0 Å². The zero-order chi connectivity index (χ0) is 10.5. The van der Waals surface area contributed by atoms with Gasteiger partial charge in [-0.3, -0.25) is 0 Å². The molecule has 0 radical (unpaired) electrons. The summed E-state index contributed by atoms with van der Waals surface area (Å²) in [4.78, 5) is 0. The fourth-order valence-corrected chi connectivity index (χ4v) is 1.94. The van der Waals surface area contributed by atoms with E-state index in [-0.39, 0.29) is 0 Å². The van der Waals surface area contributed by atoms with E-state index < -0.39 is 0 Å². The molecule has 1 N–H and O–H groups in total. The van der Waals surface area contributed by atoms with E-state index in [0.717, 1.165) is 24.8 Å². The smallest absolute Gasteiger partial charge is 0.119 e. The molecule has 2 nitrogen and oxygen atoms in total. The molecule has 1 aromatic carbocycles. The minimum atomic E-state index is 0.815. The molecule has 15 heavy (non-hydrogen) atoms. The molecular formula is C13H19NO. The Balaban J connectivity index is 1.71. The standard InChI is InChI=1S/C13H19NO/c1-11-2-4-13(5-3-11)15-9-7-12-6-8-14-10-12/h2-5,12,14H,6-10H2,1H3. The van der Waals surface area contributed by atoms with Gasteiger partial charge in [0.25, 0.3) is 0 Å². The van der Waals surface area contributed by atoms with Crippen LogP contribution in [0.15, 0.2) is 24.3 Å². The van der Waals surface area contributed by atoms with Crippen LogP contribution >= 0.6 is 0 Å². The van der Waals surface area contributed by atoms with E-state index in [1.165, 1.54) is 24.9 Å². The molecule has 1 fully saturated rings. The van der Waals surface area contributed by atoms with Crippen molar-refractivity contribution < 1.29 is 4.74 Å². The van der Waals surface area contributed by atoms with Gasteiger partial charge in [-0.2, -0.15) is 0 Å². The second kappa shape index (κ2) is 5.17. The van der Waals surface area contributed by atoms with E-state index in [1.54, 1.807) is 0 Å². The Bertz CT molecular complexity index is 288. The molecule has 0 amide bonds. The molecule has 0 spiro atoms. The number of aryl methyl sites for hydroxylation is 1. The van der Waals surface area contributed by atoms with Crippen LogP contribution < -0.4 is 10.1 Å². The Morgan fingerprint density at radius 2 is 2.13 bits per heavy atom. The lowest BCUT2D eigenvalue weighted by atomic mass is 10.1. The van der Waals surface area contributed by atoms with Crippen molar-refractivity contribution in [2.45, 2.75) is 19.8 Å². The van der Waals surface area contributed by atoms with E-state index in [0.29, 0.717) is 0 Å². The van der Waals surface area contributed by atoms with Crippen LogP contribution in [0.5, 0.6) is 5.75 Å². The first-order valence-electron chi connectivity index (χ1n) is 5.75. The summed E-state index contributed by atoms with van der Waals surface area (Å²) in [5, 5.41) is 3.37. The van der Waals surface area contributed by atoms with Crippen LogP contribution in [0.1, 0.15) is 18.4 Å². The van der Waals surface area contributed by atoms with Crippen molar-refractivity contribution in [2.24, 2.45) is 5.92 Å². The topological polar surface area (TPSA) is 21.3 Å². The maximum Gasteiger partial charge on any atom is 0.119 e. The van der Waals surface area contributed by atoms with Gasteiger partial charge in [0.1, 0.15) is 5.75 Å². The third-order valence-electron chi connectivity index (χ3n) is 2.98. The Kier molecular flexibility index (Phi) is 3.62. The number of nitrogens with one attached hydrogen (secondary N) is 1. The highest BCUT2D eigenvalue weighted by Crippen LogP contribution is 2.15. The molecule has 0 aromatic heterocycles. The van der Waals surface area contributed by atoms with Crippen LogP contribution in [-0.2, 0) is 0 Å². The molecule has 1 aliphatic rings. The molecule has 0 aliphatic carbocycles. The van der Waals surface area contributed by atoms with Crippen molar-refractivity contribution in [1.82, 2.24) is 5.32 Å². The van der Waals surface area contributed by atoms with Crippen molar-refractivity contribution >= 4 is 0 Å². The molecule has 2 heteroatoms. The van der Waals surface area contributed by atoms with Crippen LogP contribution in [0, 0.1) is 12.8 Å². The Morgan fingerprint density at radius 3 is 2.80 bits per heavy atom. The summed E-state index contributed by atoms with van der Waals surface area (Å²) in [5.41, 5.74) is 1.28. The molecule has 1 aromatic rings. The Labute approximate surface area is 91.6 Å². The lowest BCUT2D eigenvalue weighted by molar-refractivity contribution is 0.283. The minimum absolute atomic E-state index is 0.815. The maximum absolute atomic E-state index is 5.70. The number of hydrogen-bond acceptors (Lipinski definition) is 2. The molecule has 1 atom stereocenters. The normalized spacial score (nSPS) is 20.5. The van der Waals surface area contributed by atoms with Crippen molar-refractivity contribution in [3.05, 3.63) is 29.8 Å². The molecule has 1 unspecified atom stereocenters. The summed E-state index contributed by atoms with van der Waals surface area (Å²) in [6.45, 7) is 5.27. The lowest BCUT2D eigenvalue weighted by Crippen LogP contribution is -2.11. The number of benzene rings is 1. The van der Waals surface area contributed by atoms with Gasteiger partial charge >= 0.3 is 0 Å². The number of hydrogen-bond donors (Lipinski definition) is 1. The number of ether oxygens (including phenoxy) is 1. The second-order valence-electron chi connectivity index (χ2n) is 4.31. The first-order valence-corrected chi connectivity index (χ1v) is 5.75. The monoisotopic (exact) mass is 205 g/mol. The fourth-order valence-electron chi connectivity index (χ4n) is 1.94. The molecular weight excluding hydrogens is 186 g/mol. The van der Waals surface area contributed by atoms with Crippen molar-refractivity contribution in [3.8, 4) is 5.75 Å². The molecule has 0 saturated carbocycles. The van der Waals surface area contributed by atoms with Gasteiger partial charge in [0.15, 0.2) is 0 Å². The largest absolute Gasteiger partial charge is 0.494 e. The third kappa shape index (κ3) is 3.24. The van der Waals surface area contributed by atoms with Crippen LogP contribution in [0.4, 0.5) is 0 Å². The predicted octanol–water partition coefficient (Wildman–Crippen LogP) is 2.37. The van der Waals surface area contributed by atoms with Gasteiger partial charge in [-0.15, -0.1) is 0 Å². The molecule has 82 valence electrons. The average Bonchev–Trinajstić information content (AvgIpc) is 2.74. The van der Waals surface area contributed by atoms with Crippen LogP contribution in [0.3, 0.4) is 0 Å². The summed E-state index contributed by atoms with van der Waals surface area (Å²) < 4.78 is 5.70. The van der Waals surface area contributed by atoms with E-state index in [1.807, 2.05) is 12.1 Å². The molecule has 2 rings (SSSR count). The average molecular weight is 205 g/mol. The van der Waals surface area contributed by atoms with E-state index in [9.17, 15) is 0 Å². The Morgan fingerprint density at radius 1 is 1.33 bits per heavy atom. The van der Waals surface area contributed by atoms with E-state index in [4.69, 9.17) is 4.74 Å². The van der Waals surface area contributed by atoms with Crippen molar-refractivity contribution in [3.63, 3.8) is 0 Å². The highest BCUT2D eigenvalue weighted by atomic mass is 16.5. The SMILES string of the molecule is Cc1ccc(OCCC2CCNC2)cc1. The predicted molar refractivity (Wildman–Crippen MR) is 62.3 cm³/mol. The first-order chi connectivity index (χ1) is 7.34. The van der Waals surface area contributed by atoms with Gasteiger partial charge in [-0.1, -0.05) is 17.7 Å². The van der Waals surface area contributed by atoms with Crippen LogP contribution in [0.2, 0.25) is 0 Å². The molecule has 1 aliphatic heterocycles. The summed E-state index contributed by atoms with van der Waals surface area (Å²) in [7, 11) is 0. The van der Waals surface area contributed by atoms with Crippen molar-refractivity contribution in [2.75, 3.05) is 19.7 Å². The molecule has 0 bridgehead atoms. The summed E-state index contributed by atoms with van der Waals surface area (Å²) in [5.74, 6) is 1.81. The van der Waals surface area contributed by atoms with Crippen LogP contribution in [0.25, 0.3) is 0 Å². The highest BCUT2D eigenvalue weighted by Gasteiger charge is 2.13. The van der Waals surface area contributed by atoms with Crippen molar-refractivity contribution in [1.29, 1.82) is 0 Å². The van der Waals surface area contributed by atoms with E-state index in [2.05, 4.69) is 24.4 Å². The first kappa shape index (κ1) is 10.5. The van der Waals surface area contributed by atoms with Crippen LogP contribution in [-0.4, -0.2) is 19.7 Å². The molecule has 1 saturated heterocycles. The minimum Gasteiger partial charge on any atom is -0.494 e. The van der Waals surface area contributed by atoms with Gasteiger partial charge in [0, 0.05) is 0 Å². The third-order valence-corrected chi connectivity index (χ3v) is 2.98. The summed E-state index contributed by atoms with van der Waals surface area (Å²) in [6.07, 6.45) is 2.47. The van der Waals surface area contributed by atoms with Gasteiger partial charge in [-0.05, 0) is 50.9 Å². The Hall–Kier alpha value is -1.02. The fraction of sp³-hybridized carbons (Fsp3) is 0.538. The van der Waals surface area contributed by atoms with E-state index >= 15 is 0 Å². The quantitative estimate of drug-likeness (QED) is 0.815. The summed E-state index contributed by atoms with van der Waals surface area (Å²) in [6, 6.07) is 8.27.